The Morgan fingerprint density at radius 3 is 2.47 bits per heavy atom. The predicted molar refractivity (Wildman–Crippen MR) is 115 cm³/mol. The van der Waals surface area contributed by atoms with Crippen molar-refractivity contribution >= 4 is 23.2 Å². The summed E-state index contributed by atoms with van der Waals surface area (Å²) in [6.45, 7) is 0.0204. The first-order valence-corrected chi connectivity index (χ1v) is 10.8. The van der Waals surface area contributed by atoms with Gasteiger partial charge in [0.2, 0.25) is 0 Å². The lowest BCUT2D eigenvalue weighted by Gasteiger charge is -2.10. The Morgan fingerprint density at radius 1 is 1.03 bits per heavy atom. The Kier molecular flexibility index (Phi) is 8.41. The molecule has 0 bridgehead atoms. The second kappa shape index (κ2) is 11.5. The maximum absolute atomic E-state index is 13.2. The minimum absolute atomic E-state index is 0.0712. The lowest BCUT2D eigenvalue weighted by Crippen LogP contribution is -2.28. The van der Waals surface area contributed by atoms with E-state index >= 15 is 0 Å². The summed E-state index contributed by atoms with van der Waals surface area (Å²) < 4.78 is 58.6. The number of rotatable bonds is 10. The van der Waals surface area contributed by atoms with Crippen LogP contribution in [0.3, 0.4) is 0 Å². The van der Waals surface area contributed by atoms with Crippen LogP contribution in [0.1, 0.15) is 21.1 Å². The monoisotopic (exact) mass is 497 g/mol. The topological polar surface area (TPSA) is 89.6 Å². The first kappa shape index (κ1) is 25.0. The highest BCUT2D eigenvalue weighted by atomic mass is 32.1. The van der Waals surface area contributed by atoms with E-state index in [4.69, 9.17) is 4.74 Å². The number of hydrogen-bond donors (Lipinski definition) is 2. The van der Waals surface area contributed by atoms with Gasteiger partial charge in [-0.3, -0.25) is 9.59 Å². The average Bonchev–Trinajstić information content (AvgIpc) is 3.25. The third-order valence-corrected chi connectivity index (χ3v) is 5.09. The van der Waals surface area contributed by atoms with Gasteiger partial charge in [0.1, 0.15) is 28.0 Å². The second-order valence-corrected chi connectivity index (χ2v) is 7.79. The van der Waals surface area contributed by atoms with Crippen molar-refractivity contribution in [2.45, 2.75) is 19.3 Å². The third-order valence-electron chi connectivity index (χ3n) is 4.24. The highest BCUT2D eigenvalue weighted by molar-refractivity contribution is 7.09. The Hall–Kier alpha value is -3.67. The summed E-state index contributed by atoms with van der Waals surface area (Å²) in [6.07, 6.45) is -4.32. The molecule has 3 aromatic rings. The molecule has 0 atom stereocenters. The number of ether oxygens (including phenoxy) is 2. The molecule has 2 N–H and O–H groups in total. The minimum atomic E-state index is -4.79. The molecule has 2 aromatic carbocycles. The number of nitrogens with one attached hydrogen (secondary N) is 2. The van der Waals surface area contributed by atoms with Crippen LogP contribution in [0.2, 0.25) is 0 Å². The number of benzene rings is 2. The van der Waals surface area contributed by atoms with Gasteiger partial charge in [-0.2, -0.15) is 0 Å². The van der Waals surface area contributed by atoms with Crippen LogP contribution in [0.4, 0.5) is 17.6 Å². The number of aromatic nitrogens is 1. The van der Waals surface area contributed by atoms with Crippen LogP contribution in [-0.4, -0.2) is 36.3 Å². The van der Waals surface area contributed by atoms with Crippen LogP contribution >= 0.6 is 11.3 Å². The summed E-state index contributed by atoms with van der Waals surface area (Å²) in [5.41, 5.74) is 0.959. The van der Waals surface area contributed by atoms with Crippen LogP contribution in [0.25, 0.3) is 0 Å². The highest BCUT2D eigenvalue weighted by Gasteiger charge is 2.31. The number of carbonyl (C=O) groups is 2. The molecule has 12 heteroatoms. The van der Waals surface area contributed by atoms with Gasteiger partial charge in [0.25, 0.3) is 11.8 Å². The van der Waals surface area contributed by atoms with Gasteiger partial charge in [-0.05, 0) is 48.4 Å². The summed E-state index contributed by atoms with van der Waals surface area (Å²) in [4.78, 5) is 28.3. The van der Waals surface area contributed by atoms with Crippen LogP contribution < -0.4 is 20.1 Å². The molecule has 1 aromatic heterocycles. The number of alkyl halides is 3. The highest BCUT2D eigenvalue weighted by Crippen LogP contribution is 2.24. The molecule has 0 aliphatic carbocycles. The molecule has 0 saturated heterocycles. The second-order valence-electron chi connectivity index (χ2n) is 6.85. The van der Waals surface area contributed by atoms with E-state index in [1.165, 1.54) is 35.6 Å². The van der Waals surface area contributed by atoms with Crippen molar-refractivity contribution in [3.8, 4) is 11.5 Å². The van der Waals surface area contributed by atoms with Crippen LogP contribution in [0.15, 0.2) is 53.9 Å². The van der Waals surface area contributed by atoms with Crippen LogP contribution in [0, 0.1) is 5.82 Å². The largest absolute Gasteiger partial charge is 0.573 e. The molecule has 180 valence electrons. The molecule has 34 heavy (non-hydrogen) atoms. The lowest BCUT2D eigenvalue weighted by molar-refractivity contribution is -0.274. The average molecular weight is 497 g/mol. The van der Waals surface area contributed by atoms with E-state index in [0.717, 1.165) is 17.7 Å². The van der Waals surface area contributed by atoms with Crippen molar-refractivity contribution in [1.29, 1.82) is 0 Å². The molecule has 7 nitrogen and oxygen atoms in total. The minimum Gasteiger partial charge on any atom is -0.484 e. The summed E-state index contributed by atoms with van der Waals surface area (Å²) >= 11 is 1.19. The molecule has 0 aliphatic rings. The number of hydrogen-bond acceptors (Lipinski definition) is 6. The molecule has 0 aliphatic heterocycles. The van der Waals surface area contributed by atoms with Crippen molar-refractivity contribution in [2.24, 2.45) is 0 Å². The molecular weight excluding hydrogens is 478 g/mol. The van der Waals surface area contributed by atoms with E-state index in [1.54, 1.807) is 17.5 Å². The first-order chi connectivity index (χ1) is 16.2. The molecule has 1 heterocycles. The maximum atomic E-state index is 13.2. The number of thiazole rings is 1. The van der Waals surface area contributed by atoms with Gasteiger partial charge in [-0.25, -0.2) is 9.37 Å². The van der Waals surface area contributed by atoms with Gasteiger partial charge < -0.3 is 20.1 Å². The normalized spacial score (nSPS) is 11.1. The van der Waals surface area contributed by atoms with Crippen LogP contribution in [0.5, 0.6) is 11.5 Å². The van der Waals surface area contributed by atoms with Crippen molar-refractivity contribution in [3.63, 3.8) is 0 Å². The fourth-order valence-corrected chi connectivity index (χ4v) is 3.43. The summed E-state index contributed by atoms with van der Waals surface area (Å²) in [5.74, 6) is -1.41. The molecular formula is C22H19F4N3O4S. The maximum Gasteiger partial charge on any atom is 0.573 e. The zero-order valence-corrected chi connectivity index (χ0v) is 18.3. The summed E-state index contributed by atoms with van der Waals surface area (Å²) in [7, 11) is 0. The Bertz CT molecular complexity index is 1120. The molecule has 0 saturated carbocycles. The summed E-state index contributed by atoms with van der Waals surface area (Å²) in [5, 5.41) is 7.33. The molecule has 3 rings (SSSR count). The molecule has 0 fully saturated rings. The third kappa shape index (κ3) is 8.35. The van der Waals surface area contributed by atoms with Gasteiger partial charge in [0, 0.05) is 11.9 Å². The number of carbonyl (C=O) groups excluding carboxylic acids is 2. The van der Waals surface area contributed by atoms with E-state index in [1.807, 2.05) is 0 Å². The van der Waals surface area contributed by atoms with Crippen molar-refractivity contribution < 1.29 is 36.6 Å². The quantitative estimate of drug-likeness (QED) is 0.416. The number of amides is 2. The first-order valence-electron chi connectivity index (χ1n) is 9.90. The van der Waals surface area contributed by atoms with Crippen LogP contribution in [-0.2, 0) is 17.8 Å². The molecule has 2 amide bonds. The van der Waals surface area contributed by atoms with Gasteiger partial charge in [0.05, 0.1) is 6.54 Å². The number of nitrogens with zero attached hydrogens (tertiary/aromatic N) is 1. The zero-order chi connectivity index (χ0) is 24.6. The Morgan fingerprint density at radius 2 is 1.76 bits per heavy atom. The van der Waals surface area contributed by atoms with E-state index in [0.29, 0.717) is 18.0 Å². The molecule has 0 radical (unpaired) electrons. The van der Waals surface area contributed by atoms with E-state index in [-0.39, 0.29) is 36.3 Å². The van der Waals surface area contributed by atoms with Gasteiger partial charge in [-0.1, -0.05) is 12.1 Å². The zero-order valence-electron chi connectivity index (χ0n) is 17.5. The standard InChI is InChI=1S/C22H19F4N3O4S/c23-15-3-1-2-14(10-15)8-9-27-21(31)18-13-34-20(29-18)11-28-19(30)12-32-16-4-6-17(7-5-16)33-22(24,25)26/h1-7,10,13H,8-9,11-12H2,(H,27,31)(H,28,30). The Labute approximate surface area is 195 Å². The van der Waals surface area contributed by atoms with Gasteiger partial charge in [-0.15, -0.1) is 24.5 Å². The fraction of sp³-hybridized carbons (Fsp3) is 0.227. The molecule has 0 spiro atoms. The van der Waals surface area contributed by atoms with Crippen molar-refractivity contribution in [3.05, 3.63) is 76.0 Å². The number of halogens is 4. The smallest absolute Gasteiger partial charge is 0.484 e. The van der Waals surface area contributed by atoms with Gasteiger partial charge in [0.15, 0.2) is 6.61 Å². The van der Waals surface area contributed by atoms with Gasteiger partial charge >= 0.3 is 6.36 Å². The van der Waals surface area contributed by atoms with E-state index in [9.17, 15) is 27.2 Å². The SMILES string of the molecule is O=C(COc1ccc(OC(F)(F)F)cc1)NCc1nc(C(=O)NCCc2cccc(F)c2)cs1. The van der Waals surface area contributed by atoms with Crippen molar-refractivity contribution in [2.75, 3.05) is 13.2 Å². The van der Waals surface area contributed by atoms with Crippen molar-refractivity contribution in [1.82, 2.24) is 15.6 Å². The summed E-state index contributed by atoms with van der Waals surface area (Å²) in [6, 6.07) is 10.7. The Balaban J connectivity index is 1.37. The van der Waals surface area contributed by atoms with E-state index < -0.39 is 18.0 Å². The fourth-order valence-electron chi connectivity index (χ4n) is 2.71. The predicted octanol–water partition coefficient (Wildman–Crippen LogP) is 3.85. The van der Waals surface area contributed by atoms with E-state index in [2.05, 4.69) is 20.4 Å². The lowest BCUT2D eigenvalue weighted by atomic mass is 10.1. The molecule has 0 unspecified atom stereocenters.